The lowest BCUT2D eigenvalue weighted by Gasteiger charge is -2.09. The van der Waals surface area contributed by atoms with Crippen molar-refractivity contribution in [2.75, 3.05) is 5.73 Å². The predicted molar refractivity (Wildman–Crippen MR) is 63.7 cm³/mol. The lowest BCUT2D eigenvalue weighted by Crippen LogP contribution is -2.15. The third-order valence-corrected chi connectivity index (χ3v) is 2.72. The Morgan fingerprint density at radius 3 is 2.88 bits per heavy atom. The molecule has 0 aromatic heterocycles. The van der Waals surface area contributed by atoms with E-state index in [4.69, 9.17) is 15.7 Å². The van der Waals surface area contributed by atoms with Crippen LogP contribution in [0.25, 0.3) is 0 Å². The zero-order valence-electron chi connectivity index (χ0n) is 8.74. The van der Waals surface area contributed by atoms with Crippen LogP contribution in [0.15, 0.2) is 22.7 Å². The van der Waals surface area contributed by atoms with Crippen LogP contribution in [0.3, 0.4) is 0 Å². The smallest absolute Gasteiger partial charge is 0.339 e. The van der Waals surface area contributed by atoms with Gasteiger partial charge in [-0.05, 0) is 40.5 Å². The lowest BCUT2D eigenvalue weighted by molar-refractivity contribution is 0.0401. The first-order valence-corrected chi connectivity index (χ1v) is 5.53. The SMILES string of the molecule is CCC(C#N)OC(=O)c1ccc(Br)c(N)c1. The highest BCUT2D eigenvalue weighted by Crippen LogP contribution is 2.20. The number of ether oxygens (including phenoxy) is 1. The first-order valence-electron chi connectivity index (χ1n) is 4.74. The van der Waals surface area contributed by atoms with Crippen LogP contribution in [0, 0.1) is 11.3 Å². The summed E-state index contributed by atoms with van der Waals surface area (Å²) in [5, 5.41) is 8.66. The number of esters is 1. The molecular formula is C11H11BrN2O2. The molecule has 2 N–H and O–H groups in total. The van der Waals surface area contributed by atoms with Crippen molar-refractivity contribution in [2.24, 2.45) is 0 Å². The van der Waals surface area contributed by atoms with E-state index in [1.807, 2.05) is 6.07 Å². The monoisotopic (exact) mass is 282 g/mol. The molecular weight excluding hydrogens is 272 g/mol. The number of halogens is 1. The fourth-order valence-corrected chi connectivity index (χ4v) is 1.32. The maximum Gasteiger partial charge on any atom is 0.339 e. The third-order valence-electron chi connectivity index (χ3n) is 2.00. The van der Waals surface area contributed by atoms with Gasteiger partial charge in [0, 0.05) is 10.2 Å². The number of nitrogen functional groups attached to an aromatic ring is 1. The summed E-state index contributed by atoms with van der Waals surface area (Å²) in [7, 11) is 0. The largest absolute Gasteiger partial charge is 0.443 e. The van der Waals surface area contributed by atoms with Crippen molar-refractivity contribution in [3.8, 4) is 6.07 Å². The Labute approximate surface area is 102 Å². The fraction of sp³-hybridized carbons (Fsp3) is 0.273. The number of anilines is 1. The van der Waals surface area contributed by atoms with Gasteiger partial charge in [-0.2, -0.15) is 5.26 Å². The molecule has 1 atom stereocenters. The maximum atomic E-state index is 11.6. The van der Waals surface area contributed by atoms with Gasteiger partial charge < -0.3 is 10.5 Å². The van der Waals surface area contributed by atoms with Gasteiger partial charge in [-0.1, -0.05) is 6.92 Å². The molecule has 0 radical (unpaired) electrons. The summed E-state index contributed by atoms with van der Waals surface area (Å²) >= 11 is 3.23. The van der Waals surface area contributed by atoms with Gasteiger partial charge in [-0.3, -0.25) is 0 Å². The molecule has 1 unspecified atom stereocenters. The second-order valence-corrected chi connectivity index (χ2v) is 4.02. The van der Waals surface area contributed by atoms with Crippen molar-refractivity contribution in [3.63, 3.8) is 0 Å². The van der Waals surface area contributed by atoms with Gasteiger partial charge in [0.1, 0.15) is 6.07 Å². The Morgan fingerprint density at radius 1 is 1.69 bits per heavy atom. The highest BCUT2D eigenvalue weighted by molar-refractivity contribution is 9.10. The number of rotatable bonds is 3. The van der Waals surface area contributed by atoms with Gasteiger partial charge >= 0.3 is 5.97 Å². The van der Waals surface area contributed by atoms with Gasteiger partial charge in [0.15, 0.2) is 6.10 Å². The zero-order valence-corrected chi connectivity index (χ0v) is 10.3. The van der Waals surface area contributed by atoms with E-state index in [1.165, 1.54) is 6.07 Å². The number of hydrogen-bond donors (Lipinski definition) is 1. The van der Waals surface area contributed by atoms with Crippen molar-refractivity contribution in [2.45, 2.75) is 19.4 Å². The van der Waals surface area contributed by atoms with E-state index in [-0.39, 0.29) is 0 Å². The highest BCUT2D eigenvalue weighted by atomic mass is 79.9. The summed E-state index contributed by atoms with van der Waals surface area (Å²) in [6, 6.07) is 6.66. The molecule has 0 aliphatic rings. The first kappa shape index (κ1) is 12.5. The van der Waals surface area contributed by atoms with E-state index < -0.39 is 12.1 Å². The Hall–Kier alpha value is -1.54. The molecule has 0 saturated heterocycles. The lowest BCUT2D eigenvalue weighted by atomic mass is 10.2. The molecule has 0 spiro atoms. The molecule has 0 heterocycles. The molecule has 16 heavy (non-hydrogen) atoms. The van der Waals surface area contributed by atoms with Crippen LogP contribution in [0.4, 0.5) is 5.69 Å². The second kappa shape index (κ2) is 5.52. The first-order chi connectivity index (χ1) is 7.58. The summed E-state index contributed by atoms with van der Waals surface area (Å²) < 4.78 is 5.68. The number of hydrogen-bond acceptors (Lipinski definition) is 4. The molecule has 0 fully saturated rings. The van der Waals surface area contributed by atoms with Crippen LogP contribution in [-0.2, 0) is 4.74 Å². The van der Waals surface area contributed by atoms with Crippen LogP contribution < -0.4 is 5.73 Å². The Bertz CT molecular complexity index is 440. The molecule has 0 saturated carbocycles. The average Bonchev–Trinajstić information content (AvgIpc) is 2.29. The third kappa shape index (κ3) is 2.97. The van der Waals surface area contributed by atoms with E-state index in [0.29, 0.717) is 17.7 Å². The quantitative estimate of drug-likeness (QED) is 0.683. The minimum absolute atomic E-state index is 0.342. The maximum absolute atomic E-state index is 11.6. The molecule has 1 aromatic carbocycles. The molecule has 0 aliphatic heterocycles. The van der Waals surface area contributed by atoms with Crippen molar-refractivity contribution < 1.29 is 9.53 Å². The summed E-state index contributed by atoms with van der Waals surface area (Å²) in [6.07, 6.45) is -0.244. The summed E-state index contributed by atoms with van der Waals surface area (Å²) in [4.78, 5) is 11.6. The number of carbonyl (C=O) groups is 1. The Kier molecular flexibility index (Phi) is 4.32. The van der Waals surface area contributed by atoms with Crippen LogP contribution in [0.5, 0.6) is 0 Å². The Morgan fingerprint density at radius 2 is 2.38 bits per heavy atom. The minimum atomic E-state index is -0.711. The van der Waals surface area contributed by atoms with E-state index >= 15 is 0 Å². The fourth-order valence-electron chi connectivity index (χ4n) is 1.07. The summed E-state index contributed by atoms with van der Waals surface area (Å²) in [5.41, 5.74) is 6.43. The van der Waals surface area contributed by atoms with E-state index in [0.717, 1.165) is 4.47 Å². The Balaban J connectivity index is 2.81. The minimum Gasteiger partial charge on any atom is -0.443 e. The van der Waals surface area contributed by atoms with Gasteiger partial charge in [0.2, 0.25) is 0 Å². The van der Waals surface area contributed by atoms with Gasteiger partial charge in [-0.25, -0.2) is 4.79 Å². The molecule has 0 amide bonds. The van der Waals surface area contributed by atoms with Crippen LogP contribution in [0.1, 0.15) is 23.7 Å². The molecule has 1 aromatic rings. The second-order valence-electron chi connectivity index (χ2n) is 3.17. The molecule has 0 aliphatic carbocycles. The number of nitrogens with zero attached hydrogens (tertiary/aromatic N) is 1. The van der Waals surface area contributed by atoms with E-state index in [2.05, 4.69) is 15.9 Å². The van der Waals surface area contributed by atoms with Crippen molar-refractivity contribution >= 4 is 27.6 Å². The van der Waals surface area contributed by atoms with Crippen LogP contribution in [0.2, 0.25) is 0 Å². The van der Waals surface area contributed by atoms with Gasteiger partial charge in [0.05, 0.1) is 5.56 Å². The number of benzene rings is 1. The summed E-state index contributed by atoms with van der Waals surface area (Å²) in [6.45, 7) is 1.77. The highest BCUT2D eigenvalue weighted by Gasteiger charge is 2.14. The normalized spacial score (nSPS) is 11.6. The topological polar surface area (TPSA) is 76.1 Å². The van der Waals surface area contributed by atoms with Crippen LogP contribution >= 0.6 is 15.9 Å². The molecule has 5 heteroatoms. The van der Waals surface area contributed by atoms with E-state index in [9.17, 15) is 4.79 Å². The van der Waals surface area contributed by atoms with Crippen molar-refractivity contribution in [1.29, 1.82) is 5.26 Å². The molecule has 4 nitrogen and oxygen atoms in total. The van der Waals surface area contributed by atoms with Crippen molar-refractivity contribution in [1.82, 2.24) is 0 Å². The number of nitriles is 1. The van der Waals surface area contributed by atoms with Gasteiger partial charge in [-0.15, -0.1) is 0 Å². The van der Waals surface area contributed by atoms with Crippen LogP contribution in [-0.4, -0.2) is 12.1 Å². The molecule has 1 rings (SSSR count). The van der Waals surface area contributed by atoms with Gasteiger partial charge in [0.25, 0.3) is 0 Å². The standard InChI is InChI=1S/C11H11BrN2O2/c1-2-8(6-13)16-11(15)7-3-4-9(12)10(14)5-7/h3-5,8H,2,14H2,1H3. The molecule has 0 bridgehead atoms. The average molecular weight is 283 g/mol. The zero-order chi connectivity index (χ0) is 12.1. The number of nitrogens with two attached hydrogens (primary N) is 1. The molecule has 84 valence electrons. The van der Waals surface area contributed by atoms with E-state index in [1.54, 1.807) is 19.1 Å². The predicted octanol–water partition coefficient (Wildman–Crippen LogP) is 2.49. The van der Waals surface area contributed by atoms with Crippen molar-refractivity contribution in [3.05, 3.63) is 28.2 Å². The number of carbonyl (C=O) groups excluding carboxylic acids is 1. The summed E-state index contributed by atoms with van der Waals surface area (Å²) in [5.74, 6) is -0.535.